The van der Waals surface area contributed by atoms with Crippen molar-refractivity contribution < 1.29 is 17.9 Å². The Balaban J connectivity index is 1.56. The predicted molar refractivity (Wildman–Crippen MR) is 128 cm³/mol. The van der Waals surface area contributed by atoms with Gasteiger partial charge in [-0.2, -0.15) is 4.31 Å². The number of amides is 1. The number of nitrogens with two attached hydrogens (primary N) is 1. The molecular weight excluding hydrogens is 438 g/mol. The summed E-state index contributed by atoms with van der Waals surface area (Å²) in [7, 11) is -3.70. The Hall–Kier alpha value is -2.42. The van der Waals surface area contributed by atoms with Gasteiger partial charge in [-0.1, -0.05) is 18.6 Å². The zero-order valence-electron chi connectivity index (χ0n) is 19.0. The van der Waals surface area contributed by atoms with Crippen molar-refractivity contribution in [3.8, 4) is 5.75 Å². The lowest BCUT2D eigenvalue weighted by Gasteiger charge is -2.37. The van der Waals surface area contributed by atoms with Crippen molar-refractivity contribution in [1.29, 1.82) is 0 Å². The lowest BCUT2D eigenvalue weighted by Crippen LogP contribution is -2.45. The fourth-order valence-electron chi connectivity index (χ4n) is 4.77. The Labute approximate surface area is 196 Å². The summed E-state index contributed by atoms with van der Waals surface area (Å²) >= 11 is 0. The van der Waals surface area contributed by atoms with E-state index in [1.165, 1.54) is 36.2 Å². The highest BCUT2D eigenvalue weighted by atomic mass is 32.2. The van der Waals surface area contributed by atoms with Gasteiger partial charge in [-0.3, -0.25) is 9.69 Å². The van der Waals surface area contributed by atoms with Gasteiger partial charge in [-0.15, -0.1) is 0 Å². The molecule has 0 aliphatic carbocycles. The molecule has 4 rings (SSSR count). The zero-order chi connectivity index (χ0) is 23.3. The lowest BCUT2D eigenvalue weighted by molar-refractivity contribution is 0.1000. The van der Waals surface area contributed by atoms with E-state index in [2.05, 4.69) is 17.0 Å². The van der Waals surface area contributed by atoms with Crippen LogP contribution in [0.1, 0.15) is 48.0 Å². The Morgan fingerprint density at radius 2 is 1.76 bits per heavy atom. The first kappa shape index (κ1) is 23.7. The molecule has 8 heteroatoms. The van der Waals surface area contributed by atoms with Gasteiger partial charge in [-0.05, 0) is 80.6 Å². The number of benzene rings is 2. The van der Waals surface area contributed by atoms with Crippen LogP contribution in [0.4, 0.5) is 0 Å². The number of fused-ring (bicyclic) bond motifs is 3. The Morgan fingerprint density at radius 1 is 0.939 bits per heavy atom. The average Bonchev–Trinajstić information content (AvgIpc) is 2.82. The molecule has 2 N–H and O–H groups in total. The van der Waals surface area contributed by atoms with E-state index < -0.39 is 15.9 Å². The van der Waals surface area contributed by atoms with Crippen molar-refractivity contribution >= 4 is 15.9 Å². The van der Waals surface area contributed by atoms with Crippen LogP contribution < -0.4 is 10.5 Å². The first-order valence-electron chi connectivity index (χ1n) is 11.8. The van der Waals surface area contributed by atoms with E-state index in [0.29, 0.717) is 44.3 Å². The number of carbonyl (C=O) groups is 1. The number of nitrogens with zero attached hydrogens (tertiary/aromatic N) is 2. The van der Waals surface area contributed by atoms with E-state index in [-0.39, 0.29) is 4.90 Å². The molecule has 2 aromatic carbocycles. The molecule has 178 valence electrons. The Bertz CT molecular complexity index is 1060. The number of rotatable bonds is 3. The summed E-state index contributed by atoms with van der Waals surface area (Å²) < 4.78 is 34.4. The third-order valence-corrected chi connectivity index (χ3v) is 8.56. The molecule has 1 atom stereocenters. The molecule has 1 saturated heterocycles. The maximum atomic E-state index is 13.5. The van der Waals surface area contributed by atoms with E-state index in [0.717, 1.165) is 38.0 Å². The van der Waals surface area contributed by atoms with Gasteiger partial charge in [0.15, 0.2) is 0 Å². The van der Waals surface area contributed by atoms with Crippen molar-refractivity contribution in [1.82, 2.24) is 9.21 Å². The predicted octanol–water partition coefficient (Wildman–Crippen LogP) is 3.05. The van der Waals surface area contributed by atoms with Crippen LogP contribution in [0.25, 0.3) is 0 Å². The van der Waals surface area contributed by atoms with Crippen LogP contribution in [0.3, 0.4) is 0 Å². The van der Waals surface area contributed by atoms with E-state index in [1.807, 2.05) is 12.1 Å². The summed E-state index contributed by atoms with van der Waals surface area (Å²) in [5.41, 5.74) is 6.89. The number of sulfonamides is 1. The molecule has 1 fully saturated rings. The summed E-state index contributed by atoms with van der Waals surface area (Å²) in [6, 6.07) is 14.6. The van der Waals surface area contributed by atoms with Gasteiger partial charge in [0.2, 0.25) is 15.9 Å². The van der Waals surface area contributed by atoms with Crippen molar-refractivity contribution in [3.63, 3.8) is 0 Å². The van der Waals surface area contributed by atoms with Crippen molar-refractivity contribution in [2.24, 2.45) is 5.73 Å². The van der Waals surface area contributed by atoms with Gasteiger partial charge in [0, 0.05) is 31.2 Å². The van der Waals surface area contributed by atoms with Gasteiger partial charge >= 0.3 is 0 Å². The minimum atomic E-state index is -3.70. The van der Waals surface area contributed by atoms with Gasteiger partial charge in [-0.25, -0.2) is 8.42 Å². The van der Waals surface area contributed by atoms with Crippen molar-refractivity contribution in [3.05, 3.63) is 59.7 Å². The normalized spacial score (nSPS) is 21.4. The van der Waals surface area contributed by atoms with Gasteiger partial charge in [0.1, 0.15) is 5.75 Å². The molecule has 1 unspecified atom stereocenters. The van der Waals surface area contributed by atoms with Crippen LogP contribution in [0.5, 0.6) is 5.75 Å². The molecule has 2 aliphatic heterocycles. The fraction of sp³-hybridized carbons (Fsp3) is 0.480. The van der Waals surface area contributed by atoms with Crippen molar-refractivity contribution in [2.45, 2.75) is 49.5 Å². The highest BCUT2D eigenvalue weighted by Crippen LogP contribution is 2.24. The van der Waals surface area contributed by atoms with Crippen LogP contribution >= 0.6 is 0 Å². The molecule has 2 aliphatic rings. The molecule has 1 amide bonds. The van der Waals surface area contributed by atoms with Crippen LogP contribution in [-0.4, -0.2) is 62.4 Å². The SMILES string of the molecule is NC(=O)c1ccc(S(=O)(=O)N2CCCOc3cccc(c3)CCC3CCCCN3CC2)cc1. The fourth-order valence-corrected chi connectivity index (χ4v) is 6.24. The molecular formula is C25H33N3O4S. The monoisotopic (exact) mass is 471 g/mol. The number of piperidine rings is 1. The first-order chi connectivity index (χ1) is 15.9. The molecule has 0 saturated carbocycles. The quantitative estimate of drug-likeness (QED) is 0.743. The van der Waals surface area contributed by atoms with E-state index in [9.17, 15) is 13.2 Å². The second-order valence-electron chi connectivity index (χ2n) is 8.87. The van der Waals surface area contributed by atoms with Gasteiger partial charge < -0.3 is 10.5 Å². The molecule has 7 nitrogen and oxygen atoms in total. The number of hydrogen-bond acceptors (Lipinski definition) is 5. The maximum absolute atomic E-state index is 13.5. The topological polar surface area (TPSA) is 92.9 Å². The summed E-state index contributed by atoms with van der Waals surface area (Å²) in [6.07, 6.45) is 6.17. The Morgan fingerprint density at radius 3 is 2.55 bits per heavy atom. The summed E-state index contributed by atoms with van der Waals surface area (Å²) in [6.45, 7) is 2.97. The van der Waals surface area contributed by atoms with Crippen molar-refractivity contribution in [2.75, 3.05) is 32.8 Å². The molecule has 0 radical (unpaired) electrons. The van der Waals surface area contributed by atoms with E-state index in [1.54, 1.807) is 4.31 Å². The largest absolute Gasteiger partial charge is 0.494 e. The van der Waals surface area contributed by atoms with Crippen LogP contribution in [-0.2, 0) is 16.4 Å². The molecule has 0 aromatic heterocycles. The molecule has 0 spiro atoms. The second-order valence-corrected chi connectivity index (χ2v) is 10.8. The standard InChI is InChI=1S/C25H33N3O4S/c26-25(29)21-9-12-24(13-10-21)33(30,31)28-15-4-18-32-23-7-3-5-20(19-23)8-11-22-6-1-2-14-27(22)16-17-28/h3,5,7,9-10,12-13,19,22H,1-2,4,6,8,11,14-18H2,(H2,26,29). The number of primary amides is 1. The second kappa shape index (κ2) is 10.7. The maximum Gasteiger partial charge on any atom is 0.248 e. The highest BCUT2D eigenvalue weighted by Gasteiger charge is 2.28. The minimum absolute atomic E-state index is 0.178. The summed E-state index contributed by atoms with van der Waals surface area (Å²) in [5, 5.41) is 0. The molecule has 2 heterocycles. The first-order valence-corrected chi connectivity index (χ1v) is 13.2. The highest BCUT2D eigenvalue weighted by molar-refractivity contribution is 7.89. The summed E-state index contributed by atoms with van der Waals surface area (Å²) in [4.78, 5) is 14.0. The average molecular weight is 472 g/mol. The van der Waals surface area contributed by atoms with E-state index >= 15 is 0 Å². The smallest absolute Gasteiger partial charge is 0.248 e. The van der Waals surface area contributed by atoms with Crippen LogP contribution in [0, 0.1) is 0 Å². The molecule has 2 bridgehead atoms. The van der Waals surface area contributed by atoms with Crippen LogP contribution in [0.15, 0.2) is 53.4 Å². The van der Waals surface area contributed by atoms with Gasteiger partial charge in [0.25, 0.3) is 0 Å². The third kappa shape index (κ3) is 5.93. The minimum Gasteiger partial charge on any atom is -0.494 e. The molecule has 33 heavy (non-hydrogen) atoms. The zero-order valence-corrected chi connectivity index (χ0v) is 19.8. The molecule has 2 aromatic rings. The third-order valence-electron chi connectivity index (χ3n) is 6.65. The Kier molecular flexibility index (Phi) is 7.67. The van der Waals surface area contributed by atoms with E-state index in [4.69, 9.17) is 10.5 Å². The van der Waals surface area contributed by atoms with Crippen LogP contribution in [0.2, 0.25) is 0 Å². The number of carbonyl (C=O) groups excluding carboxylic acids is 1. The number of aryl methyl sites for hydroxylation is 1. The number of hydrogen-bond donors (Lipinski definition) is 1. The van der Waals surface area contributed by atoms with Gasteiger partial charge in [0.05, 0.1) is 11.5 Å². The summed E-state index contributed by atoms with van der Waals surface area (Å²) in [5.74, 6) is 0.260. The lowest BCUT2D eigenvalue weighted by atomic mass is 9.95. The number of ether oxygens (including phenoxy) is 1.